The topological polar surface area (TPSA) is 79.0 Å². The Hall–Kier alpha value is -2.57. The van der Waals surface area contributed by atoms with Gasteiger partial charge in [-0.1, -0.05) is 25.0 Å². The fourth-order valence-electron chi connectivity index (χ4n) is 4.26. The number of hydrogen-bond acceptors (Lipinski definition) is 4. The fourth-order valence-corrected chi connectivity index (χ4v) is 4.26. The van der Waals surface area contributed by atoms with Crippen molar-refractivity contribution in [2.24, 2.45) is 0 Å². The molecule has 0 bridgehead atoms. The second kappa shape index (κ2) is 11.0. The minimum Gasteiger partial charge on any atom is -0.497 e. The van der Waals surface area contributed by atoms with E-state index >= 15 is 0 Å². The van der Waals surface area contributed by atoms with Gasteiger partial charge in [-0.05, 0) is 43.4 Å². The summed E-state index contributed by atoms with van der Waals surface area (Å²) >= 11 is 0. The summed E-state index contributed by atoms with van der Waals surface area (Å²) in [6.07, 6.45) is 6.10. The van der Waals surface area contributed by atoms with Crippen LogP contribution in [-0.4, -0.2) is 66.9 Å². The number of carbonyl (C=O) groups is 3. The Bertz CT molecular complexity index is 752. The van der Waals surface area contributed by atoms with E-state index in [0.29, 0.717) is 39.0 Å². The summed E-state index contributed by atoms with van der Waals surface area (Å²) in [5, 5.41) is 2.92. The van der Waals surface area contributed by atoms with Gasteiger partial charge >= 0.3 is 0 Å². The van der Waals surface area contributed by atoms with Gasteiger partial charge in [-0.15, -0.1) is 0 Å². The molecule has 1 atom stereocenters. The van der Waals surface area contributed by atoms with Crippen LogP contribution in [0.15, 0.2) is 24.3 Å². The van der Waals surface area contributed by atoms with Gasteiger partial charge < -0.3 is 19.9 Å². The smallest absolute Gasteiger partial charge is 0.245 e. The summed E-state index contributed by atoms with van der Waals surface area (Å²) in [6, 6.07) is 7.06. The van der Waals surface area contributed by atoms with Gasteiger partial charge in [0.1, 0.15) is 11.8 Å². The van der Waals surface area contributed by atoms with Crippen LogP contribution in [0.4, 0.5) is 0 Å². The third-order valence-electron chi connectivity index (χ3n) is 5.95. The van der Waals surface area contributed by atoms with Crippen LogP contribution in [0.5, 0.6) is 5.75 Å². The Morgan fingerprint density at radius 2 is 1.93 bits per heavy atom. The Balaban J connectivity index is 1.65. The maximum absolute atomic E-state index is 13.3. The summed E-state index contributed by atoms with van der Waals surface area (Å²) in [5.74, 6) is 0.663. The molecule has 0 spiro atoms. The lowest BCUT2D eigenvalue weighted by atomic mass is 10.1. The maximum atomic E-state index is 13.3. The molecule has 3 amide bonds. The second-order valence-corrected chi connectivity index (χ2v) is 8.11. The fraction of sp³-hybridized carbons (Fsp3) is 0.609. The number of likely N-dealkylation sites (tertiary alicyclic amines) is 1. The van der Waals surface area contributed by atoms with Crippen molar-refractivity contribution < 1.29 is 19.1 Å². The summed E-state index contributed by atoms with van der Waals surface area (Å²) in [4.78, 5) is 41.8. The van der Waals surface area contributed by atoms with Crippen LogP contribution in [0, 0.1) is 0 Å². The largest absolute Gasteiger partial charge is 0.497 e. The van der Waals surface area contributed by atoms with Crippen molar-refractivity contribution in [2.75, 3.05) is 33.3 Å². The molecule has 2 saturated heterocycles. The molecule has 0 radical (unpaired) electrons. The molecular formula is C23H33N3O4. The number of hydrogen-bond donors (Lipinski definition) is 1. The van der Waals surface area contributed by atoms with Gasteiger partial charge in [0.15, 0.2) is 0 Å². The molecule has 1 N–H and O–H groups in total. The highest BCUT2D eigenvalue weighted by Gasteiger charge is 2.36. The van der Waals surface area contributed by atoms with E-state index in [1.807, 2.05) is 24.3 Å². The quantitative estimate of drug-likeness (QED) is 0.817. The summed E-state index contributed by atoms with van der Waals surface area (Å²) < 4.78 is 5.24. The molecular weight excluding hydrogens is 382 g/mol. The third kappa shape index (κ3) is 5.97. The minimum atomic E-state index is -0.420. The Kier molecular flexibility index (Phi) is 8.11. The van der Waals surface area contributed by atoms with Crippen LogP contribution >= 0.6 is 0 Å². The number of nitrogens with one attached hydrogen (secondary N) is 1. The van der Waals surface area contributed by atoms with Crippen LogP contribution in [0.1, 0.15) is 50.5 Å². The van der Waals surface area contributed by atoms with Crippen LogP contribution in [0.2, 0.25) is 0 Å². The Morgan fingerprint density at radius 3 is 2.77 bits per heavy atom. The van der Waals surface area contributed by atoms with Gasteiger partial charge in [0.2, 0.25) is 17.7 Å². The predicted octanol–water partition coefficient (Wildman–Crippen LogP) is 2.14. The zero-order valence-corrected chi connectivity index (χ0v) is 17.9. The van der Waals surface area contributed by atoms with Crippen molar-refractivity contribution in [2.45, 2.75) is 57.4 Å². The molecule has 164 valence electrons. The van der Waals surface area contributed by atoms with Gasteiger partial charge in [-0.2, -0.15) is 0 Å². The Morgan fingerprint density at radius 1 is 1.10 bits per heavy atom. The van der Waals surface area contributed by atoms with E-state index < -0.39 is 6.04 Å². The molecule has 2 aliphatic rings. The van der Waals surface area contributed by atoms with Crippen molar-refractivity contribution in [1.82, 2.24) is 15.1 Å². The van der Waals surface area contributed by atoms with Crippen molar-refractivity contribution >= 4 is 17.7 Å². The Labute approximate surface area is 178 Å². The predicted molar refractivity (Wildman–Crippen MR) is 114 cm³/mol. The zero-order valence-electron chi connectivity index (χ0n) is 17.9. The molecule has 2 aliphatic heterocycles. The first kappa shape index (κ1) is 22.1. The number of carbonyl (C=O) groups excluding carboxylic acids is 3. The lowest BCUT2D eigenvalue weighted by Crippen LogP contribution is -2.49. The molecule has 7 nitrogen and oxygen atoms in total. The van der Waals surface area contributed by atoms with Gasteiger partial charge in [-0.3, -0.25) is 14.4 Å². The summed E-state index contributed by atoms with van der Waals surface area (Å²) in [6.45, 7) is 2.38. The van der Waals surface area contributed by atoms with Crippen molar-refractivity contribution in [1.29, 1.82) is 0 Å². The molecule has 7 heteroatoms. The van der Waals surface area contributed by atoms with E-state index in [1.54, 1.807) is 16.9 Å². The van der Waals surface area contributed by atoms with Gasteiger partial charge in [-0.25, -0.2) is 0 Å². The van der Waals surface area contributed by atoms with E-state index in [-0.39, 0.29) is 24.1 Å². The average molecular weight is 416 g/mol. The molecule has 3 rings (SSSR count). The maximum Gasteiger partial charge on any atom is 0.245 e. The zero-order chi connectivity index (χ0) is 21.3. The first-order chi connectivity index (χ1) is 14.6. The highest BCUT2D eigenvalue weighted by atomic mass is 16.5. The molecule has 2 fully saturated rings. The molecule has 1 aromatic carbocycles. The van der Waals surface area contributed by atoms with E-state index in [1.165, 1.54) is 0 Å². The molecule has 1 aromatic rings. The molecule has 30 heavy (non-hydrogen) atoms. The number of nitrogens with zero attached hydrogens (tertiary/aromatic N) is 2. The number of ether oxygens (including phenoxy) is 1. The molecule has 0 aliphatic carbocycles. The van der Waals surface area contributed by atoms with E-state index in [0.717, 1.165) is 43.4 Å². The normalized spacial score (nSPS) is 21.0. The van der Waals surface area contributed by atoms with Crippen molar-refractivity contribution in [3.8, 4) is 5.75 Å². The lowest BCUT2D eigenvalue weighted by molar-refractivity contribution is -0.143. The first-order valence-electron chi connectivity index (χ1n) is 11.1. The molecule has 2 heterocycles. The highest BCUT2D eigenvalue weighted by Crippen LogP contribution is 2.22. The van der Waals surface area contributed by atoms with Crippen molar-refractivity contribution in [3.05, 3.63) is 29.8 Å². The van der Waals surface area contributed by atoms with Crippen LogP contribution in [0.3, 0.4) is 0 Å². The minimum absolute atomic E-state index is 0.00733. The average Bonchev–Trinajstić information content (AvgIpc) is 3.23. The summed E-state index contributed by atoms with van der Waals surface area (Å²) in [7, 11) is 1.60. The first-order valence-corrected chi connectivity index (χ1v) is 11.1. The molecule has 0 aromatic heterocycles. The lowest BCUT2D eigenvalue weighted by Gasteiger charge is -2.30. The monoisotopic (exact) mass is 415 g/mol. The van der Waals surface area contributed by atoms with Crippen LogP contribution < -0.4 is 10.1 Å². The van der Waals surface area contributed by atoms with Crippen LogP contribution in [-0.2, 0) is 20.8 Å². The number of methoxy groups -OCH3 is 1. The third-order valence-corrected chi connectivity index (χ3v) is 5.95. The highest BCUT2D eigenvalue weighted by molar-refractivity contribution is 5.89. The van der Waals surface area contributed by atoms with Gasteiger partial charge in [0.05, 0.1) is 13.5 Å². The number of benzene rings is 1. The number of amides is 3. The standard InChI is InChI=1S/C23H33N3O4/c1-30-19-9-6-8-18(16-19)17-22(28)26-14-7-10-20(26)23(29)25-13-5-3-2-4-12-24-21(27)11-15-25/h6,8-9,16,20H,2-5,7,10-15,17H2,1H3,(H,24,27). The van der Waals surface area contributed by atoms with E-state index in [4.69, 9.17) is 4.74 Å². The van der Waals surface area contributed by atoms with Crippen LogP contribution in [0.25, 0.3) is 0 Å². The molecule has 0 saturated carbocycles. The van der Waals surface area contributed by atoms with Gasteiger partial charge in [0, 0.05) is 32.6 Å². The van der Waals surface area contributed by atoms with E-state index in [2.05, 4.69) is 5.32 Å². The van der Waals surface area contributed by atoms with E-state index in [9.17, 15) is 14.4 Å². The second-order valence-electron chi connectivity index (χ2n) is 8.11. The van der Waals surface area contributed by atoms with Crippen molar-refractivity contribution in [3.63, 3.8) is 0 Å². The summed E-state index contributed by atoms with van der Waals surface area (Å²) in [5.41, 5.74) is 0.879. The molecule has 1 unspecified atom stereocenters. The SMILES string of the molecule is COc1cccc(CC(=O)N2CCCC2C(=O)N2CCCCCCNC(=O)CC2)c1. The number of rotatable bonds is 4. The van der Waals surface area contributed by atoms with Gasteiger partial charge in [0.25, 0.3) is 0 Å².